The van der Waals surface area contributed by atoms with E-state index >= 15 is 0 Å². The molecule has 152 valence electrons. The molecule has 1 fully saturated rings. The lowest BCUT2D eigenvalue weighted by molar-refractivity contribution is 0.199. The highest BCUT2D eigenvalue weighted by atomic mass is 16.5. The molecule has 8 heteroatoms. The quantitative estimate of drug-likeness (QED) is 0.723. The first-order valence-corrected chi connectivity index (χ1v) is 9.84. The Morgan fingerprint density at radius 3 is 2.93 bits per heavy atom. The zero-order valence-corrected chi connectivity index (χ0v) is 16.6. The monoisotopic (exact) mass is 387 g/mol. The van der Waals surface area contributed by atoms with E-state index in [-0.39, 0.29) is 12.1 Å². The molecule has 1 aliphatic heterocycles. The van der Waals surface area contributed by atoms with Crippen molar-refractivity contribution in [1.82, 2.24) is 20.4 Å². The number of aromatic nitrogens is 2. The van der Waals surface area contributed by atoms with Gasteiger partial charge in [0.25, 0.3) is 0 Å². The average Bonchev–Trinajstić information content (AvgIpc) is 3.16. The van der Waals surface area contributed by atoms with Crippen LogP contribution in [0.5, 0.6) is 0 Å². The molecule has 2 N–H and O–H groups in total. The van der Waals surface area contributed by atoms with Gasteiger partial charge in [0.15, 0.2) is 5.82 Å². The second-order valence-electron chi connectivity index (χ2n) is 7.15. The number of hydrogen-bond acceptors (Lipinski definition) is 6. The molecule has 1 saturated heterocycles. The molecule has 0 spiro atoms. The fraction of sp³-hybridized carbons (Fsp3) is 0.550. The van der Waals surface area contributed by atoms with Gasteiger partial charge in [-0.1, -0.05) is 23.7 Å². The molecule has 1 unspecified atom stereocenters. The zero-order valence-electron chi connectivity index (χ0n) is 16.6. The van der Waals surface area contributed by atoms with Gasteiger partial charge in [-0.2, -0.15) is 4.98 Å². The third kappa shape index (κ3) is 6.03. The molecule has 0 saturated carbocycles. The number of hydrogen-bond donors (Lipinski definition) is 2. The average molecular weight is 387 g/mol. The highest BCUT2D eigenvalue weighted by Gasteiger charge is 2.17. The van der Waals surface area contributed by atoms with E-state index in [0.29, 0.717) is 24.7 Å². The number of nitrogens with one attached hydrogen (secondary N) is 2. The first-order chi connectivity index (χ1) is 13.6. The number of rotatable bonds is 8. The Morgan fingerprint density at radius 2 is 2.14 bits per heavy atom. The molecule has 0 radical (unpaired) electrons. The van der Waals surface area contributed by atoms with E-state index in [1.165, 1.54) is 24.8 Å². The number of carbonyl (C=O) groups excluding carboxylic acids is 1. The third-order valence-electron chi connectivity index (χ3n) is 4.77. The van der Waals surface area contributed by atoms with Crippen molar-refractivity contribution in [1.29, 1.82) is 0 Å². The van der Waals surface area contributed by atoms with Crippen LogP contribution in [0.4, 0.5) is 10.5 Å². The highest BCUT2D eigenvalue weighted by Crippen LogP contribution is 2.17. The molecule has 8 nitrogen and oxygen atoms in total. The number of amides is 2. The van der Waals surface area contributed by atoms with Crippen molar-refractivity contribution in [2.24, 2.45) is 0 Å². The van der Waals surface area contributed by atoms with Gasteiger partial charge in [0.2, 0.25) is 5.89 Å². The van der Waals surface area contributed by atoms with Crippen LogP contribution in [0.25, 0.3) is 0 Å². The number of urea groups is 1. The largest absolute Gasteiger partial charge is 0.384 e. The van der Waals surface area contributed by atoms with E-state index in [1.54, 1.807) is 14.0 Å². The van der Waals surface area contributed by atoms with Crippen molar-refractivity contribution in [2.75, 3.05) is 32.1 Å². The summed E-state index contributed by atoms with van der Waals surface area (Å²) < 4.78 is 10.2. The lowest BCUT2D eigenvalue weighted by atomic mass is 10.1. The zero-order chi connectivity index (χ0) is 19.8. The van der Waals surface area contributed by atoms with Gasteiger partial charge >= 0.3 is 6.03 Å². The number of carbonyl (C=O) groups is 1. The maximum atomic E-state index is 12.3. The number of piperidine rings is 1. The molecule has 1 aromatic carbocycles. The van der Waals surface area contributed by atoms with E-state index in [0.717, 1.165) is 25.3 Å². The van der Waals surface area contributed by atoms with Gasteiger partial charge in [-0.25, -0.2) is 4.79 Å². The Bertz CT molecular complexity index is 758. The number of ether oxygens (including phenoxy) is 1. The second kappa shape index (κ2) is 10.2. The number of anilines is 1. The Labute approximate surface area is 165 Å². The summed E-state index contributed by atoms with van der Waals surface area (Å²) in [6, 6.07) is 7.28. The molecule has 2 amide bonds. The minimum atomic E-state index is -0.389. The van der Waals surface area contributed by atoms with E-state index in [4.69, 9.17) is 9.26 Å². The first kappa shape index (κ1) is 20.3. The predicted molar refractivity (Wildman–Crippen MR) is 106 cm³/mol. The smallest absolute Gasteiger partial charge is 0.319 e. The van der Waals surface area contributed by atoms with Crippen molar-refractivity contribution >= 4 is 11.7 Å². The molecule has 3 rings (SSSR count). The third-order valence-corrected chi connectivity index (χ3v) is 4.77. The fourth-order valence-corrected chi connectivity index (χ4v) is 3.29. The summed E-state index contributed by atoms with van der Waals surface area (Å²) in [5, 5.41) is 9.60. The van der Waals surface area contributed by atoms with E-state index in [9.17, 15) is 4.79 Å². The van der Waals surface area contributed by atoms with E-state index in [2.05, 4.69) is 31.7 Å². The highest BCUT2D eigenvalue weighted by molar-refractivity contribution is 5.89. The molecule has 1 aromatic heterocycles. The summed E-state index contributed by atoms with van der Waals surface area (Å²) in [5.74, 6) is 0.941. The normalized spacial score (nSPS) is 15.9. The number of methoxy groups -OCH3 is 1. The fourth-order valence-electron chi connectivity index (χ4n) is 3.29. The molecule has 1 aliphatic rings. The van der Waals surface area contributed by atoms with E-state index < -0.39 is 0 Å². The topological polar surface area (TPSA) is 92.5 Å². The Kier molecular flexibility index (Phi) is 7.39. The molecular formula is C20H29N5O3. The molecular weight excluding hydrogens is 358 g/mol. The van der Waals surface area contributed by atoms with Crippen LogP contribution in [-0.2, 0) is 17.7 Å². The summed E-state index contributed by atoms with van der Waals surface area (Å²) >= 11 is 0. The van der Waals surface area contributed by atoms with Gasteiger partial charge in [-0.15, -0.1) is 0 Å². The predicted octanol–water partition coefficient (Wildman–Crippen LogP) is 3.13. The number of benzene rings is 1. The van der Waals surface area contributed by atoms with Crippen molar-refractivity contribution in [3.05, 3.63) is 41.5 Å². The van der Waals surface area contributed by atoms with Gasteiger partial charge in [0.05, 0.1) is 6.61 Å². The molecule has 28 heavy (non-hydrogen) atoms. The summed E-state index contributed by atoms with van der Waals surface area (Å²) in [4.78, 5) is 19.1. The molecule has 1 atom stereocenters. The van der Waals surface area contributed by atoms with Crippen LogP contribution in [0, 0.1) is 0 Å². The molecule has 0 aliphatic carbocycles. The van der Waals surface area contributed by atoms with Crippen LogP contribution in [0.2, 0.25) is 0 Å². The first-order valence-electron chi connectivity index (χ1n) is 9.84. The summed E-state index contributed by atoms with van der Waals surface area (Å²) in [6.07, 6.45) is 4.43. The Hall–Kier alpha value is -2.45. The van der Waals surface area contributed by atoms with Crippen LogP contribution < -0.4 is 10.6 Å². The van der Waals surface area contributed by atoms with Gasteiger partial charge in [-0.05, 0) is 50.6 Å². The lowest BCUT2D eigenvalue weighted by Gasteiger charge is -2.26. The maximum Gasteiger partial charge on any atom is 0.319 e. The van der Waals surface area contributed by atoms with Crippen LogP contribution in [0.15, 0.2) is 28.8 Å². The summed E-state index contributed by atoms with van der Waals surface area (Å²) in [5.41, 5.74) is 1.97. The van der Waals surface area contributed by atoms with Gasteiger partial charge in [0, 0.05) is 25.8 Å². The van der Waals surface area contributed by atoms with Crippen molar-refractivity contribution < 1.29 is 14.1 Å². The number of likely N-dealkylation sites (tertiary alicyclic amines) is 1. The van der Waals surface area contributed by atoms with E-state index in [1.807, 2.05) is 18.2 Å². The van der Waals surface area contributed by atoms with Crippen molar-refractivity contribution in [2.45, 2.75) is 45.2 Å². The Balaban J connectivity index is 1.51. The van der Waals surface area contributed by atoms with Crippen molar-refractivity contribution in [3.8, 4) is 0 Å². The maximum absolute atomic E-state index is 12.3. The van der Waals surface area contributed by atoms with Gasteiger partial charge < -0.3 is 19.9 Å². The molecule has 2 aromatic rings. The summed E-state index contributed by atoms with van der Waals surface area (Å²) in [6.45, 7) is 5.53. The van der Waals surface area contributed by atoms with Gasteiger partial charge in [-0.3, -0.25) is 4.90 Å². The number of nitrogens with zero attached hydrogens (tertiary/aromatic N) is 3. The minimum Gasteiger partial charge on any atom is -0.384 e. The Morgan fingerprint density at radius 1 is 1.32 bits per heavy atom. The van der Waals surface area contributed by atoms with Crippen molar-refractivity contribution in [3.63, 3.8) is 0 Å². The summed E-state index contributed by atoms with van der Waals surface area (Å²) in [7, 11) is 1.62. The molecule has 0 bridgehead atoms. The SMILES string of the molecule is COCCc1noc(C(C)NC(=O)Nc2cccc(CN3CCCCC3)c2)n1. The van der Waals surface area contributed by atoms with Crippen LogP contribution in [0.3, 0.4) is 0 Å². The lowest BCUT2D eigenvalue weighted by Crippen LogP contribution is -2.31. The standard InChI is InChI=1S/C20H29N5O3/c1-15(19-23-18(24-28-19)9-12-27-2)21-20(26)22-17-8-6-7-16(13-17)14-25-10-4-3-5-11-25/h6-8,13,15H,3-5,9-12,14H2,1-2H3,(H2,21,22,26). The van der Waals surface area contributed by atoms with Crippen LogP contribution >= 0.6 is 0 Å². The minimum absolute atomic E-state index is 0.306. The van der Waals surface area contributed by atoms with Crippen LogP contribution in [0.1, 0.15) is 49.5 Å². The van der Waals surface area contributed by atoms with Crippen LogP contribution in [-0.4, -0.2) is 47.9 Å². The second-order valence-corrected chi connectivity index (χ2v) is 7.15. The van der Waals surface area contributed by atoms with Gasteiger partial charge in [0.1, 0.15) is 6.04 Å². The molecule has 2 heterocycles.